The highest BCUT2D eigenvalue weighted by Gasteiger charge is 2.52. The fourth-order valence-electron chi connectivity index (χ4n) is 6.52. The second-order valence-corrected chi connectivity index (χ2v) is 12.9. The minimum absolute atomic E-state index is 0.104. The fraction of sp³-hybridized carbons (Fsp3) is 0.543. The number of nitrogens with zero attached hydrogens (tertiary/aromatic N) is 4. The monoisotopic (exact) mass is 663 g/mol. The molecule has 3 aliphatic rings. The average molecular weight is 664 g/mol. The number of likely N-dealkylation sites (tertiary alicyclic amines) is 1. The Bertz CT molecular complexity index is 1540. The number of anilines is 1. The molecule has 1 aliphatic carbocycles. The van der Waals surface area contributed by atoms with Gasteiger partial charge in [0, 0.05) is 63.5 Å². The number of hydrogen-bond donors (Lipinski definition) is 1. The van der Waals surface area contributed by atoms with E-state index in [1.54, 1.807) is 34.9 Å². The molecule has 0 bridgehead atoms. The molecule has 1 N–H and O–H groups in total. The molecule has 1 aromatic heterocycles. The molecule has 4 amide bonds. The normalized spacial score (nSPS) is 18.7. The molecule has 0 radical (unpaired) electrons. The van der Waals surface area contributed by atoms with E-state index in [0.29, 0.717) is 61.2 Å². The molecule has 1 unspecified atom stereocenters. The van der Waals surface area contributed by atoms with Gasteiger partial charge in [0.15, 0.2) is 5.60 Å². The Kier molecular flexibility index (Phi) is 10.5. The van der Waals surface area contributed by atoms with Crippen LogP contribution >= 0.6 is 0 Å². The lowest BCUT2D eigenvalue weighted by Gasteiger charge is -2.47. The lowest BCUT2D eigenvalue weighted by molar-refractivity contribution is -0.143. The third-order valence-electron chi connectivity index (χ3n) is 9.18. The maximum absolute atomic E-state index is 14.4. The number of aryl methyl sites for hydroxylation is 1. The van der Waals surface area contributed by atoms with E-state index in [0.717, 1.165) is 6.42 Å². The predicted octanol–water partition coefficient (Wildman–Crippen LogP) is 4.22. The number of aromatic nitrogens is 1. The van der Waals surface area contributed by atoms with Gasteiger partial charge >= 0.3 is 12.1 Å². The van der Waals surface area contributed by atoms with E-state index in [4.69, 9.17) is 14.2 Å². The maximum atomic E-state index is 14.4. The van der Waals surface area contributed by atoms with Gasteiger partial charge in [0.05, 0.1) is 17.3 Å². The molecule has 1 aromatic carbocycles. The van der Waals surface area contributed by atoms with Crippen LogP contribution in [0.2, 0.25) is 0 Å². The van der Waals surface area contributed by atoms with E-state index in [9.17, 15) is 24.0 Å². The van der Waals surface area contributed by atoms with Crippen LogP contribution < -0.4 is 15.0 Å². The molecule has 5 rings (SSSR count). The van der Waals surface area contributed by atoms with Crippen molar-refractivity contribution in [3.63, 3.8) is 0 Å². The largest absolute Gasteiger partial charge is 0.475 e. The number of fused-ring (bicyclic) bond motifs is 1. The molecule has 48 heavy (non-hydrogen) atoms. The number of pyridine rings is 1. The molecular weight excluding hydrogens is 618 g/mol. The lowest BCUT2D eigenvalue weighted by atomic mass is 9.77. The molecule has 2 aromatic rings. The second kappa shape index (κ2) is 14.6. The summed E-state index contributed by atoms with van der Waals surface area (Å²) in [6, 6.07) is 6.20. The topological polar surface area (TPSA) is 148 Å². The number of benzene rings is 1. The summed E-state index contributed by atoms with van der Waals surface area (Å²) in [5.41, 5.74) is 0.986. The summed E-state index contributed by atoms with van der Waals surface area (Å²) >= 11 is 0. The van der Waals surface area contributed by atoms with Gasteiger partial charge < -0.3 is 34.2 Å². The van der Waals surface area contributed by atoms with E-state index in [2.05, 4.69) is 10.3 Å². The zero-order valence-corrected chi connectivity index (χ0v) is 28.3. The van der Waals surface area contributed by atoms with Gasteiger partial charge in [-0.3, -0.25) is 19.4 Å². The van der Waals surface area contributed by atoms with Crippen molar-refractivity contribution in [2.45, 2.75) is 97.1 Å². The molecule has 2 aliphatic heterocycles. The first kappa shape index (κ1) is 34.6. The third-order valence-corrected chi connectivity index (χ3v) is 9.18. The Balaban J connectivity index is 1.32. The Labute approximate surface area is 280 Å². The standard InChI is InChI=1S/C35H45N5O8/c1-6-30(41)37-15-17-39-28-19-27(23(4)18-29(28)48-35(33(39)44)12-9-13-35)31(42)40(22(2)3)26-11-8-16-38(21-26)34(45)47-24(5)46-32(43)25-10-7-14-36-20-25/h7,10,14,18-20,22,24,26H,6,8-9,11-13,15-17,21H2,1-5H3,(H,37,41)/t24?,26-/m1/s1. The van der Waals surface area contributed by atoms with Gasteiger partial charge in [0.2, 0.25) is 12.2 Å². The molecule has 258 valence electrons. The van der Waals surface area contributed by atoms with Gasteiger partial charge in [-0.05, 0) is 82.7 Å². The van der Waals surface area contributed by atoms with Gasteiger partial charge in [-0.15, -0.1) is 0 Å². The minimum Gasteiger partial charge on any atom is -0.475 e. The van der Waals surface area contributed by atoms with Gasteiger partial charge in [0.25, 0.3) is 11.8 Å². The molecule has 1 spiro atoms. The van der Waals surface area contributed by atoms with Crippen LogP contribution in [-0.4, -0.2) is 94.7 Å². The third kappa shape index (κ3) is 7.24. The first-order valence-corrected chi connectivity index (χ1v) is 16.8. The molecule has 13 heteroatoms. The van der Waals surface area contributed by atoms with Crippen LogP contribution in [0.5, 0.6) is 5.75 Å². The Morgan fingerprint density at radius 1 is 1.15 bits per heavy atom. The number of carbonyl (C=O) groups is 5. The number of esters is 1. The molecule has 13 nitrogen and oxygen atoms in total. The number of amides is 4. The van der Waals surface area contributed by atoms with Crippen LogP contribution in [0.4, 0.5) is 10.5 Å². The predicted molar refractivity (Wildman–Crippen MR) is 176 cm³/mol. The summed E-state index contributed by atoms with van der Waals surface area (Å²) in [4.78, 5) is 74.4. The van der Waals surface area contributed by atoms with Crippen LogP contribution in [0.15, 0.2) is 36.7 Å². The Morgan fingerprint density at radius 3 is 2.56 bits per heavy atom. The summed E-state index contributed by atoms with van der Waals surface area (Å²) in [7, 11) is 0. The highest BCUT2D eigenvalue weighted by Crippen LogP contribution is 2.47. The molecule has 1 saturated heterocycles. The zero-order chi connectivity index (χ0) is 34.6. The number of nitrogens with one attached hydrogen (secondary N) is 1. The zero-order valence-electron chi connectivity index (χ0n) is 28.3. The van der Waals surface area contributed by atoms with Crippen molar-refractivity contribution in [1.29, 1.82) is 0 Å². The summed E-state index contributed by atoms with van der Waals surface area (Å²) in [5, 5.41) is 2.84. The number of hydrogen-bond acceptors (Lipinski definition) is 9. The summed E-state index contributed by atoms with van der Waals surface area (Å²) in [5.74, 6) is -0.591. The average Bonchev–Trinajstić information content (AvgIpc) is 3.04. The van der Waals surface area contributed by atoms with Crippen LogP contribution in [0.1, 0.15) is 92.5 Å². The van der Waals surface area contributed by atoms with Crippen LogP contribution in [0.25, 0.3) is 0 Å². The first-order valence-electron chi connectivity index (χ1n) is 16.8. The molecular formula is C35H45N5O8. The second-order valence-electron chi connectivity index (χ2n) is 12.9. The highest BCUT2D eigenvalue weighted by molar-refractivity contribution is 6.06. The molecule has 2 fully saturated rings. The fourth-order valence-corrected chi connectivity index (χ4v) is 6.52. The maximum Gasteiger partial charge on any atom is 0.412 e. The van der Waals surface area contributed by atoms with Crippen molar-refractivity contribution < 1.29 is 38.2 Å². The summed E-state index contributed by atoms with van der Waals surface area (Å²) in [6.07, 6.45) is 4.93. The number of piperidine rings is 1. The van der Waals surface area contributed by atoms with Gasteiger partial charge in [-0.2, -0.15) is 0 Å². The van der Waals surface area contributed by atoms with Gasteiger partial charge in [-0.25, -0.2) is 9.59 Å². The summed E-state index contributed by atoms with van der Waals surface area (Å²) < 4.78 is 17.0. The van der Waals surface area contributed by atoms with Gasteiger partial charge in [0.1, 0.15) is 5.75 Å². The smallest absolute Gasteiger partial charge is 0.412 e. The van der Waals surface area contributed by atoms with Crippen LogP contribution in [0.3, 0.4) is 0 Å². The molecule has 2 atom stereocenters. The minimum atomic E-state index is -1.13. The molecule has 1 saturated carbocycles. The van der Waals surface area contributed by atoms with Crippen LogP contribution in [-0.2, 0) is 19.1 Å². The number of ether oxygens (including phenoxy) is 3. The number of carbonyl (C=O) groups excluding carboxylic acids is 5. The molecule has 3 heterocycles. The van der Waals surface area contributed by atoms with Crippen molar-refractivity contribution >= 4 is 35.5 Å². The van der Waals surface area contributed by atoms with Crippen LogP contribution in [0, 0.1) is 6.92 Å². The van der Waals surface area contributed by atoms with E-state index in [-0.39, 0.29) is 55.0 Å². The SMILES string of the molecule is CCC(=O)NCCN1C(=O)C2(CCC2)Oc2cc(C)c(C(=O)N(C(C)C)[C@@H]3CCCN(C(=O)OC(C)OC(=O)c4cccnc4)C3)cc21. The van der Waals surface area contributed by atoms with Gasteiger partial charge in [-0.1, -0.05) is 6.92 Å². The first-order chi connectivity index (χ1) is 22.9. The van der Waals surface area contributed by atoms with Crippen molar-refractivity contribution in [3.8, 4) is 5.75 Å². The van der Waals surface area contributed by atoms with E-state index >= 15 is 0 Å². The van der Waals surface area contributed by atoms with E-state index in [1.165, 1.54) is 24.2 Å². The Morgan fingerprint density at radius 2 is 1.92 bits per heavy atom. The highest BCUT2D eigenvalue weighted by atomic mass is 16.7. The van der Waals surface area contributed by atoms with Crippen molar-refractivity contribution in [3.05, 3.63) is 53.3 Å². The van der Waals surface area contributed by atoms with Crippen molar-refractivity contribution in [2.24, 2.45) is 0 Å². The number of rotatable bonds is 10. The summed E-state index contributed by atoms with van der Waals surface area (Å²) in [6.45, 7) is 10.2. The van der Waals surface area contributed by atoms with Crippen molar-refractivity contribution in [1.82, 2.24) is 20.1 Å². The lowest BCUT2D eigenvalue weighted by Crippen LogP contribution is -2.61. The quantitative estimate of drug-likeness (QED) is 0.292. The van der Waals surface area contributed by atoms with E-state index in [1.807, 2.05) is 26.8 Å². The van der Waals surface area contributed by atoms with E-state index < -0.39 is 24.0 Å². The Hall–Kier alpha value is -4.68. The van der Waals surface area contributed by atoms with Crippen molar-refractivity contribution in [2.75, 3.05) is 31.1 Å².